The van der Waals surface area contributed by atoms with E-state index in [9.17, 15) is 0 Å². The Kier molecular flexibility index (Phi) is 10.8. The molecule has 0 aliphatic heterocycles. The highest BCUT2D eigenvalue weighted by molar-refractivity contribution is 8.01. The maximum atomic E-state index is 2.57. The van der Waals surface area contributed by atoms with Crippen LogP contribution in [0.4, 0.5) is 5.69 Å². The SMILES string of the molecule is CCCCN(CCCC)c1ccc([P+](c2ccccc2)(c2ccccc2)c2ccccc2)cc1.[I-]. The highest BCUT2D eigenvalue weighted by atomic mass is 127. The van der Waals surface area contributed by atoms with Gasteiger partial charge in [-0.05, 0) is 73.5 Å². The van der Waals surface area contributed by atoms with Crippen molar-refractivity contribution in [3.63, 3.8) is 0 Å². The topological polar surface area (TPSA) is 3.24 Å². The second kappa shape index (κ2) is 13.8. The number of benzene rings is 4. The fourth-order valence-corrected chi connectivity index (χ4v) is 9.05. The Morgan fingerprint density at radius 3 is 1.17 bits per heavy atom. The van der Waals surface area contributed by atoms with Gasteiger partial charge in [-0.25, -0.2) is 0 Å². The quantitative estimate of drug-likeness (QED) is 0.190. The van der Waals surface area contributed by atoms with E-state index in [4.69, 9.17) is 0 Å². The molecular weight excluding hydrogens is 556 g/mol. The molecule has 0 heterocycles. The van der Waals surface area contributed by atoms with Crippen molar-refractivity contribution in [3.05, 3.63) is 115 Å². The van der Waals surface area contributed by atoms with Crippen LogP contribution in [0.15, 0.2) is 115 Å². The van der Waals surface area contributed by atoms with Crippen molar-refractivity contribution in [1.29, 1.82) is 0 Å². The number of unbranched alkanes of at least 4 members (excludes halogenated alkanes) is 2. The first-order valence-corrected chi connectivity index (χ1v) is 14.5. The van der Waals surface area contributed by atoms with Crippen LogP contribution >= 0.6 is 7.26 Å². The Morgan fingerprint density at radius 2 is 0.829 bits per heavy atom. The van der Waals surface area contributed by atoms with E-state index >= 15 is 0 Å². The lowest BCUT2D eigenvalue weighted by molar-refractivity contribution is -0.00000674. The van der Waals surface area contributed by atoms with Gasteiger partial charge in [0, 0.05) is 18.8 Å². The van der Waals surface area contributed by atoms with Gasteiger partial charge < -0.3 is 28.9 Å². The van der Waals surface area contributed by atoms with Crippen LogP contribution in [0, 0.1) is 0 Å². The molecule has 0 aliphatic carbocycles. The third-order valence-corrected chi connectivity index (χ3v) is 10.9. The van der Waals surface area contributed by atoms with E-state index in [0.717, 1.165) is 13.1 Å². The van der Waals surface area contributed by atoms with Crippen molar-refractivity contribution in [2.75, 3.05) is 18.0 Å². The van der Waals surface area contributed by atoms with E-state index in [1.807, 2.05) is 0 Å². The number of hydrogen-bond donors (Lipinski definition) is 0. The van der Waals surface area contributed by atoms with Gasteiger partial charge in [-0.3, -0.25) is 0 Å². The molecule has 0 saturated carbocycles. The van der Waals surface area contributed by atoms with E-state index < -0.39 is 7.26 Å². The summed E-state index contributed by atoms with van der Waals surface area (Å²) in [7, 11) is -2.02. The predicted octanol–water partition coefficient (Wildman–Crippen LogP) is 3.72. The first-order valence-electron chi connectivity index (χ1n) is 12.7. The van der Waals surface area contributed by atoms with Crippen LogP contribution in [0.25, 0.3) is 0 Å². The van der Waals surface area contributed by atoms with E-state index in [-0.39, 0.29) is 24.0 Å². The molecule has 0 aliphatic rings. The monoisotopic (exact) mass is 593 g/mol. The zero-order chi connectivity index (χ0) is 23.6. The third-order valence-electron chi connectivity index (χ3n) is 6.60. The lowest BCUT2D eigenvalue weighted by Crippen LogP contribution is -3.00. The highest BCUT2D eigenvalue weighted by Gasteiger charge is 2.47. The summed E-state index contributed by atoms with van der Waals surface area (Å²) in [5.74, 6) is 0. The molecule has 4 rings (SSSR count). The number of rotatable bonds is 11. The Labute approximate surface area is 230 Å². The van der Waals surface area contributed by atoms with E-state index in [1.165, 1.54) is 52.6 Å². The molecule has 0 fully saturated rings. The summed E-state index contributed by atoms with van der Waals surface area (Å²) < 4.78 is 0. The summed E-state index contributed by atoms with van der Waals surface area (Å²) in [4.78, 5) is 2.57. The van der Waals surface area contributed by atoms with Crippen LogP contribution in [-0.4, -0.2) is 13.1 Å². The molecule has 0 N–H and O–H groups in total. The van der Waals surface area contributed by atoms with Gasteiger partial charge in [-0.15, -0.1) is 0 Å². The minimum atomic E-state index is -2.02. The van der Waals surface area contributed by atoms with Crippen LogP contribution in [0.3, 0.4) is 0 Å². The molecule has 0 saturated heterocycles. The first-order chi connectivity index (χ1) is 16.8. The second-order valence-corrected chi connectivity index (χ2v) is 12.3. The van der Waals surface area contributed by atoms with Crippen molar-refractivity contribution in [2.24, 2.45) is 0 Å². The number of halogens is 1. The smallest absolute Gasteiger partial charge is 0.144 e. The molecule has 4 aromatic carbocycles. The van der Waals surface area contributed by atoms with Crippen molar-refractivity contribution in [3.8, 4) is 0 Å². The molecule has 0 bridgehead atoms. The number of anilines is 1. The molecule has 4 aromatic rings. The highest BCUT2D eigenvalue weighted by Crippen LogP contribution is 2.54. The van der Waals surface area contributed by atoms with Crippen molar-refractivity contribution in [2.45, 2.75) is 39.5 Å². The minimum Gasteiger partial charge on any atom is -1.00 e. The van der Waals surface area contributed by atoms with Gasteiger partial charge in [0.2, 0.25) is 0 Å². The molecule has 0 unspecified atom stereocenters. The van der Waals surface area contributed by atoms with Gasteiger partial charge >= 0.3 is 0 Å². The van der Waals surface area contributed by atoms with Gasteiger partial charge in [0.15, 0.2) is 0 Å². The molecule has 0 amide bonds. The summed E-state index contributed by atoms with van der Waals surface area (Å²) in [6, 6.07) is 42.9. The van der Waals surface area contributed by atoms with E-state index in [0.29, 0.717) is 0 Å². The van der Waals surface area contributed by atoms with Crippen LogP contribution in [-0.2, 0) is 0 Å². The molecule has 0 radical (unpaired) electrons. The average Bonchev–Trinajstić information content (AvgIpc) is 2.92. The molecule has 3 heteroatoms. The normalized spacial score (nSPS) is 11.0. The number of nitrogens with zero attached hydrogens (tertiary/aromatic N) is 1. The van der Waals surface area contributed by atoms with Gasteiger partial charge in [0.1, 0.15) is 28.5 Å². The van der Waals surface area contributed by atoms with Gasteiger partial charge in [-0.2, -0.15) is 0 Å². The molecular formula is C32H37INP. The summed E-state index contributed by atoms with van der Waals surface area (Å²) in [5.41, 5.74) is 1.35. The number of hydrogen-bond acceptors (Lipinski definition) is 1. The molecule has 35 heavy (non-hydrogen) atoms. The Balaban J connectivity index is 0.00000342. The lowest BCUT2D eigenvalue weighted by atomic mass is 10.2. The molecule has 0 atom stereocenters. The third kappa shape index (κ3) is 6.16. The fraction of sp³-hybridized carbons (Fsp3) is 0.250. The Bertz CT molecular complexity index is 1010. The first kappa shape index (κ1) is 27.4. The summed E-state index contributed by atoms with van der Waals surface area (Å²) in [6.07, 6.45) is 4.93. The maximum absolute atomic E-state index is 2.57. The Hall–Kier alpha value is -2.16. The lowest BCUT2D eigenvalue weighted by Gasteiger charge is -2.29. The molecule has 182 valence electrons. The standard InChI is InChI=1S/C32H37NP.HI/c1-3-5-26-33(27-6-4-2)28-22-24-32(25-23-28)34(29-16-10-7-11-17-29,30-18-12-8-13-19-30)31-20-14-9-15-21-31;/h7-25H,3-6,26-27H2,1-2H3;1H/q+1;/p-1. The largest absolute Gasteiger partial charge is 1.00 e. The van der Waals surface area contributed by atoms with Gasteiger partial charge in [0.25, 0.3) is 0 Å². The van der Waals surface area contributed by atoms with E-state index in [1.54, 1.807) is 0 Å². The summed E-state index contributed by atoms with van der Waals surface area (Å²) >= 11 is 0. The Morgan fingerprint density at radius 1 is 0.486 bits per heavy atom. The minimum absolute atomic E-state index is 0. The van der Waals surface area contributed by atoms with Crippen molar-refractivity contribution in [1.82, 2.24) is 0 Å². The van der Waals surface area contributed by atoms with Crippen LogP contribution in [0.5, 0.6) is 0 Å². The van der Waals surface area contributed by atoms with Gasteiger partial charge in [-0.1, -0.05) is 81.3 Å². The average molecular weight is 594 g/mol. The zero-order valence-corrected chi connectivity index (χ0v) is 24.0. The van der Waals surface area contributed by atoms with Crippen LogP contribution in [0.1, 0.15) is 39.5 Å². The molecule has 1 nitrogen and oxygen atoms in total. The van der Waals surface area contributed by atoms with Crippen molar-refractivity contribution >= 4 is 34.2 Å². The second-order valence-electron chi connectivity index (χ2n) is 8.89. The van der Waals surface area contributed by atoms with Crippen molar-refractivity contribution < 1.29 is 24.0 Å². The van der Waals surface area contributed by atoms with Gasteiger partial charge in [0.05, 0.1) is 0 Å². The maximum Gasteiger partial charge on any atom is 0.144 e. The summed E-state index contributed by atoms with van der Waals surface area (Å²) in [5, 5.41) is 5.60. The molecule has 0 aromatic heterocycles. The summed E-state index contributed by atoms with van der Waals surface area (Å²) in [6.45, 7) is 6.82. The fourth-order valence-electron chi connectivity index (χ4n) is 4.80. The van der Waals surface area contributed by atoms with Crippen LogP contribution < -0.4 is 50.1 Å². The van der Waals surface area contributed by atoms with E-state index in [2.05, 4.69) is 134 Å². The molecule has 0 spiro atoms. The zero-order valence-electron chi connectivity index (χ0n) is 21.0. The van der Waals surface area contributed by atoms with Crippen LogP contribution in [0.2, 0.25) is 0 Å². The predicted molar refractivity (Wildman–Crippen MR) is 153 cm³/mol.